The molecular formula is C12H15N3O3. The molecule has 0 amide bonds. The van der Waals surface area contributed by atoms with E-state index in [-0.39, 0.29) is 6.61 Å². The SMILES string of the molecule is COCCc1noc(COc2cccc(N)c2)n1. The summed E-state index contributed by atoms with van der Waals surface area (Å²) in [6.45, 7) is 0.790. The Morgan fingerprint density at radius 1 is 1.39 bits per heavy atom. The maximum absolute atomic E-state index is 5.64. The first-order chi connectivity index (χ1) is 8.78. The molecular weight excluding hydrogens is 234 g/mol. The molecule has 1 aromatic carbocycles. The average molecular weight is 249 g/mol. The highest BCUT2D eigenvalue weighted by Gasteiger charge is 2.06. The topological polar surface area (TPSA) is 83.4 Å². The van der Waals surface area contributed by atoms with E-state index >= 15 is 0 Å². The number of nitrogen functional groups attached to an aromatic ring is 1. The van der Waals surface area contributed by atoms with Crippen molar-refractivity contribution in [2.24, 2.45) is 0 Å². The second-order valence-corrected chi connectivity index (χ2v) is 3.71. The lowest BCUT2D eigenvalue weighted by molar-refractivity contribution is 0.199. The minimum atomic E-state index is 0.226. The van der Waals surface area contributed by atoms with Gasteiger partial charge in [0.2, 0.25) is 0 Å². The summed E-state index contributed by atoms with van der Waals surface area (Å²) in [5.74, 6) is 1.72. The fraction of sp³-hybridized carbons (Fsp3) is 0.333. The van der Waals surface area contributed by atoms with Gasteiger partial charge in [-0.3, -0.25) is 0 Å². The van der Waals surface area contributed by atoms with Crippen LogP contribution < -0.4 is 10.5 Å². The molecule has 2 N–H and O–H groups in total. The summed E-state index contributed by atoms with van der Waals surface area (Å²) in [5.41, 5.74) is 6.29. The van der Waals surface area contributed by atoms with Crippen molar-refractivity contribution >= 4 is 5.69 Å². The number of anilines is 1. The molecule has 0 bridgehead atoms. The zero-order valence-electron chi connectivity index (χ0n) is 10.1. The Bertz CT molecular complexity index is 499. The molecule has 0 radical (unpaired) electrons. The molecule has 2 rings (SSSR count). The minimum absolute atomic E-state index is 0.226. The fourth-order valence-electron chi connectivity index (χ4n) is 1.39. The zero-order valence-corrected chi connectivity index (χ0v) is 10.1. The van der Waals surface area contributed by atoms with Crippen molar-refractivity contribution in [1.82, 2.24) is 10.1 Å². The lowest BCUT2D eigenvalue weighted by atomic mass is 10.3. The van der Waals surface area contributed by atoms with Crippen LogP contribution in [0.25, 0.3) is 0 Å². The number of ether oxygens (including phenoxy) is 2. The Morgan fingerprint density at radius 3 is 3.06 bits per heavy atom. The smallest absolute Gasteiger partial charge is 0.264 e. The number of hydrogen-bond acceptors (Lipinski definition) is 6. The van der Waals surface area contributed by atoms with Crippen LogP contribution in [0, 0.1) is 0 Å². The molecule has 0 atom stereocenters. The van der Waals surface area contributed by atoms with Crippen LogP contribution in [0.3, 0.4) is 0 Å². The average Bonchev–Trinajstić information content (AvgIpc) is 2.82. The van der Waals surface area contributed by atoms with Gasteiger partial charge < -0.3 is 19.7 Å². The van der Waals surface area contributed by atoms with Gasteiger partial charge >= 0.3 is 0 Å². The number of nitrogens with zero attached hydrogens (tertiary/aromatic N) is 2. The third-order valence-corrected chi connectivity index (χ3v) is 2.26. The van der Waals surface area contributed by atoms with Gasteiger partial charge in [0.15, 0.2) is 12.4 Å². The van der Waals surface area contributed by atoms with Crippen LogP contribution in [0.1, 0.15) is 11.7 Å². The quantitative estimate of drug-likeness (QED) is 0.779. The summed E-state index contributed by atoms with van der Waals surface area (Å²) >= 11 is 0. The van der Waals surface area contributed by atoms with Crippen LogP contribution in [0.5, 0.6) is 5.75 Å². The number of rotatable bonds is 6. The molecule has 0 saturated carbocycles. The van der Waals surface area contributed by atoms with E-state index in [1.165, 1.54) is 0 Å². The second-order valence-electron chi connectivity index (χ2n) is 3.71. The Kier molecular flexibility index (Phi) is 4.14. The molecule has 0 saturated heterocycles. The predicted molar refractivity (Wildman–Crippen MR) is 65.1 cm³/mol. The Morgan fingerprint density at radius 2 is 2.28 bits per heavy atom. The van der Waals surface area contributed by atoms with Crippen LogP contribution in [0.4, 0.5) is 5.69 Å². The molecule has 18 heavy (non-hydrogen) atoms. The molecule has 0 aliphatic carbocycles. The van der Waals surface area contributed by atoms with Crippen LogP contribution in [-0.4, -0.2) is 23.9 Å². The van der Waals surface area contributed by atoms with Crippen LogP contribution >= 0.6 is 0 Å². The lowest BCUT2D eigenvalue weighted by Gasteiger charge is -2.03. The highest BCUT2D eigenvalue weighted by atomic mass is 16.5. The van der Waals surface area contributed by atoms with Crippen molar-refractivity contribution in [3.63, 3.8) is 0 Å². The number of hydrogen-bond donors (Lipinski definition) is 1. The second kappa shape index (κ2) is 6.02. The molecule has 0 spiro atoms. The van der Waals surface area contributed by atoms with E-state index in [2.05, 4.69) is 10.1 Å². The summed E-state index contributed by atoms with van der Waals surface area (Å²) in [6, 6.07) is 7.17. The standard InChI is InChI=1S/C12H15N3O3/c1-16-6-5-11-14-12(18-15-11)8-17-10-4-2-3-9(13)7-10/h2-4,7H,5-6,8,13H2,1H3. The molecule has 6 heteroatoms. The lowest BCUT2D eigenvalue weighted by Crippen LogP contribution is -1.99. The Labute approximate surface area is 105 Å². The maximum Gasteiger partial charge on any atom is 0.264 e. The fourth-order valence-corrected chi connectivity index (χ4v) is 1.39. The van der Waals surface area contributed by atoms with E-state index < -0.39 is 0 Å². The Balaban J connectivity index is 1.88. The van der Waals surface area contributed by atoms with Crippen LogP contribution in [-0.2, 0) is 17.8 Å². The van der Waals surface area contributed by atoms with E-state index in [1.807, 2.05) is 12.1 Å². The van der Waals surface area contributed by atoms with E-state index in [9.17, 15) is 0 Å². The van der Waals surface area contributed by atoms with E-state index in [1.54, 1.807) is 19.2 Å². The predicted octanol–water partition coefficient (Wildman–Crippen LogP) is 1.42. The summed E-state index contributed by atoms with van der Waals surface area (Å²) in [6.07, 6.45) is 0.623. The van der Waals surface area contributed by atoms with Crippen molar-refractivity contribution in [3.8, 4) is 5.75 Å². The van der Waals surface area contributed by atoms with Gasteiger partial charge in [-0.2, -0.15) is 4.98 Å². The molecule has 0 unspecified atom stereocenters. The van der Waals surface area contributed by atoms with Crippen molar-refractivity contribution in [3.05, 3.63) is 36.0 Å². The van der Waals surface area contributed by atoms with Gasteiger partial charge in [0.05, 0.1) is 6.61 Å². The van der Waals surface area contributed by atoms with Crippen LogP contribution in [0.2, 0.25) is 0 Å². The van der Waals surface area contributed by atoms with Crippen molar-refractivity contribution < 1.29 is 14.0 Å². The van der Waals surface area contributed by atoms with Gasteiger partial charge in [-0.05, 0) is 12.1 Å². The molecule has 0 aliphatic heterocycles. The van der Waals surface area contributed by atoms with Crippen molar-refractivity contribution in [2.45, 2.75) is 13.0 Å². The third kappa shape index (κ3) is 3.46. The molecule has 1 heterocycles. The third-order valence-electron chi connectivity index (χ3n) is 2.26. The molecule has 1 aromatic heterocycles. The normalized spacial score (nSPS) is 10.5. The van der Waals surface area contributed by atoms with Gasteiger partial charge in [-0.15, -0.1) is 0 Å². The molecule has 96 valence electrons. The van der Waals surface area contributed by atoms with E-state index in [0.717, 1.165) is 0 Å². The highest BCUT2D eigenvalue weighted by molar-refractivity contribution is 5.43. The summed E-state index contributed by atoms with van der Waals surface area (Å²) in [7, 11) is 1.63. The molecule has 6 nitrogen and oxygen atoms in total. The number of aromatic nitrogens is 2. The Hall–Kier alpha value is -2.08. The number of methoxy groups -OCH3 is 1. The largest absolute Gasteiger partial charge is 0.484 e. The zero-order chi connectivity index (χ0) is 12.8. The van der Waals surface area contributed by atoms with Gasteiger partial charge in [-0.25, -0.2) is 0 Å². The molecule has 2 aromatic rings. The minimum Gasteiger partial charge on any atom is -0.484 e. The van der Waals surface area contributed by atoms with E-state index in [4.69, 9.17) is 19.7 Å². The molecule has 0 aliphatic rings. The summed E-state index contributed by atoms with van der Waals surface area (Å²) in [5, 5.41) is 3.81. The first-order valence-corrected chi connectivity index (χ1v) is 5.56. The highest BCUT2D eigenvalue weighted by Crippen LogP contribution is 2.15. The first-order valence-electron chi connectivity index (χ1n) is 5.56. The van der Waals surface area contributed by atoms with Crippen molar-refractivity contribution in [1.29, 1.82) is 0 Å². The van der Waals surface area contributed by atoms with E-state index in [0.29, 0.717) is 36.2 Å². The summed E-state index contributed by atoms with van der Waals surface area (Å²) in [4.78, 5) is 4.17. The summed E-state index contributed by atoms with van der Waals surface area (Å²) < 4.78 is 15.5. The monoisotopic (exact) mass is 249 g/mol. The van der Waals surface area contributed by atoms with Gasteiger partial charge in [0, 0.05) is 25.3 Å². The van der Waals surface area contributed by atoms with Gasteiger partial charge in [0.1, 0.15) is 5.75 Å². The maximum atomic E-state index is 5.64. The van der Waals surface area contributed by atoms with Crippen LogP contribution in [0.15, 0.2) is 28.8 Å². The number of nitrogens with two attached hydrogens (primary N) is 1. The van der Waals surface area contributed by atoms with Gasteiger partial charge in [-0.1, -0.05) is 11.2 Å². The van der Waals surface area contributed by atoms with Gasteiger partial charge in [0.25, 0.3) is 5.89 Å². The number of benzene rings is 1. The van der Waals surface area contributed by atoms with Crippen molar-refractivity contribution in [2.75, 3.05) is 19.5 Å². The molecule has 0 fully saturated rings. The first kappa shape index (κ1) is 12.4.